The summed E-state index contributed by atoms with van der Waals surface area (Å²) >= 11 is 0. The summed E-state index contributed by atoms with van der Waals surface area (Å²) in [4.78, 5) is 13.2. The van der Waals surface area contributed by atoms with Crippen LogP contribution in [0.3, 0.4) is 0 Å². The topological polar surface area (TPSA) is 50.7 Å². The summed E-state index contributed by atoms with van der Waals surface area (Å²) in [7, 11) is 1.88. The van der Waals surface area contributed by atoms with Gasteiger partial charge in [-0.25, -0.2) is 9.97 Å². The van der Waals surface area contributed by atoms with Crippen LogP contribution < -0.4 is 5.32 Å². The zero-order chi connectivity index (χ0) is 13.9. The van der Waals surface area contributed by atoms with Crippen molar-refractivity contribution in [3.8, 4) is 11.3 Å². The number of para-hydroxylation sites is 1. The third-order valence-corrected chi connectivity index (χ3v) is 3.40. The smallest absolute Gasteiger partial charge is 0.132 e. The normalized spacial score (nSPS) is 10.7. The Balaban J connectivity index is 2.20. The molecule has 4 heteroatoms. The van der Waals surface area contributed by atoms with Crippen molar-refractivity contribution in [3.63, 3.8) is 0 Å². The molecule has 2 aromatic heterocycles. The molecule has 0 aliphatic rings. The molecule has 2 heterocycles. The van der Waals surface area contributed by atoms with Gasteiger partial charge in [-0.05, 0) is 18.6 Å². The maximum absolute atomic E-state index is 4.51. The minimum atomic E-state index is 0.874. The van der Waals surface area contributed by atoms with Gasteiger partial charge in [0.15, 0.2) is 0 Å². The van der Waals surface area contributed by atoms with Crippen molar-refractivity contribution in [3.05, 3.63) is 48.4 Å². The number of fused-ring (bicyclic) bond motifs is 1. The van der Waals surface area contributed by atoms with E-state index in [0.717, 1.165) is 40.0 Å². The van der Waals surface area contributed by atoms with Gasteiger partial charge in [0, 0.05) is 29.8 Å². The van der Waals surface area contributed by atoms with E-state index in [1.165, 1.54) is 0 Å². The van der Waals surface area contributed by atoms with Gasteiger partial charge in [-0.3, -0.25) is 4.98 Å². The van der Waals surface area contributed by atoms with Gasteiger partial charge in [0.25, 0.3) is 0 Å². The SMILES string of the molecule is CCc1c(NC)ncnc1-c1cnc2ccccc2c1. The lowest BCUT2D eigenvalue weighted by Gasteiger charge is -2.11. The molecule has 0 fully saturated rings. The molecule has 1 aromatic carbocycles. The fourth-order valence-electron chi connectivity index (χ4n) is 2.41. The first-order chi connectivity index (χ1) is 9.83. The van der Waals surface area contributed by atoms with E-state index in [1.54, 1.807) is 6.33 Å². The van der Waals surface area contributed by atoms with Crippen LogP contribution in [0.5, 0.6) is 0 Å². The molecule has 0 amide bonds. The Hall–Kier alpha value is -2.49. The summed E-state index contributed by atoms with van der Waals surface area (Å²) in [6, 6.07) is 10.2. The molecule has 0 radical (unpaired) electrons. The van der Waals surface area contributed by atoms with Gasteiger partial charge in [0.1, 0.15) is 12.1 Å². The minimum absolute atomic E-state index is 0.874. The van der Waals surface area contributed by atoms with Crippen LogP contribution in [0.15, 0.2) is 42.9 Å². The summed E-state index contributed by atoms with van der Waals surface area (Å²) in [5.41, 5.74) is 4.09. The molecule has 0 saturated heterocycles. The van der Waals surface area contributed by atoms with Gasteiger partial charge >= 0.3 is 0 Å². The molecular weight excluding hydrogens is 248 g/mol. The number of benzene rings is 1. The second-order valence-corrected chi connectivity index (χ2v) is 4.57. The summed E-state index contributed by atoms with van der Waals surface area (Å²) < 4.78 is 0. The lowest BCUT2D eigenvalue weighted by Crippen LogP contribution is -2.02. The average molecular weight is 264 g/mol. The maximum Gasteiger partial charge on any atom is 0.132 e. The molecule has 0 spiro atoms. The number of nitrogens with one attached hydrogen (secondary N) is 1. The van der Waals surface area contributed by atoms with Crippen LogP contribution in [0.4, 0.5) is 5.82 Å². The Morgan fingerprint density at radius 3 is 2.75 bits per heavy atom. The number of rotatable bonds is 3. The molecule has 0 bridgehead atoms. The first kappa shape index (κ1) is 12.5. The zero-order valence-corrected chi connectivity index (χ0v) is 11.6. The fourth-order valence-corrected chi connectivity index (χ4v) is 2.41. The van der Waals surface area contributed by atoms with Crippen molar-refractivity contribution in [2.24, 2.45) is 0 Å². The largest absolute Gasteiger partial charge is 0.373 e. The fraction of sp³-hybridized carbons (Fsp3) is 0.188. The lowest BCUT2D eigenvalue weighted by molar-refractivity contribution is 1.05. The number of hydrogen-bond acceptors (Lipinski definition) is 4. The number of anilines is 1. The van der Waals surface area contributed by atoms with Crippen LogP contribution in [0, 0.1) is 0 Å². The van der Waals surface area contributed by atoms with Crippen molar-refractivity contribution >= 4 is 16.7 Å². The highest BCUT2D eigenvalue weighted by atomic mass is 15.0. The highest BCUT2D eigenvalue weighted by Crippen LogP contribution is 2.27. The van der Waals surface area contributed by atoms with Crippen LogP contribution in [0.2, 0.25) is 0 Å². The van der Waals surface area contributed by atoms with Crippen molar-refractivity contribution in [1.82, 2.24) is 15.0 Å². The van der Waals surface area contributed by atoms with Gasteiger partial charge < -0.3 is 5.32 Å². The summed E-state index contributed by atoms with van der Waals surface area (Å²) in [5, 5.41) is 4.24. The predicted octanol–water partition coefficient (Wildman–Crippen LogP) is 3.30. The van der Waals surface area contributed by atoms with E-state index in [9.17, 15) is 0 Å². The van der Waals surface area contributed by atoms with Crippen LogP contribution in [-0.4, -0.2) is 22.0 Å². The van der Waals surface area contributed by atoms with E-state index in [0.29, 0.717) is 0 Å². The van der Waals surface area contributed by atoms with Crippen LogP contribution >= 0.6 is 0 Å². The number of hydrogen-bond donors (Lipinski definition) is 1. The Morgan fingerprint density at radius 2 is 1.95 bits per heavy atom. The monoisotopic (exact) mass is 264 g/mol. The lowest BCUT2D eigenvalue weighted by atomic mass is 10.0. The van der Waals surface area contributed by atoms with Crippen LogP contribution in [0.1, 0.15) is 12.5 Å². The van der Waals surface area contributed by atoms with Gasteiger partial charge in [-0.15, -0.1) is 0 Å². The third kappa shape index (κ3) is 2.09. The van der Waals surface area contributed by atoms with E-state index in [2.05, 4.69) is 39.3 Å². The summed E-state index contributed by atoms with van der Waals surface area (Å²) in [6.07, 6.45) is 4.35. The molecule has 3 aromatic rings. The molecule has 0 atom stereocenters. The van der Waals surface area contributed by atoms with Crippen molar-refractivity contribution in [2.45, 2.75) is 13.3 Å². The van der Waals surface area contributed by atoms with Crippen molar-refractivity contribution < 1.29 is 0 Å². The quantitative estimate of drug-likeness (QED) is 0.788. The van der Waals surface area contributed by atoms with E-state index in [4.69, 9.17) is 0 Å². The molecule has 3 rings (SSSR count). The van der Waals surface area contributed by atoms with Crippen molar-refractivity contribution in [2.75, 3.05) is 12.4 Å². The van der Waals surface area contributed by atoms with Gasteiger partial charge in [-0.1, -0.05) is 25.1 Å². The van der Waals surface area contributed by atoms with E-state index in [-0.39, 0.29) is 0 Å². The van der Waals surface area contributed by atoms with E-state index < -0.39 is 0 Å². The highest BCUT2D eigenvalue weighted by molar-refractivity contribution is 5.83. The molecule has 20 heavy (non-hydrogen) atoms. The molecule has 0 aliphatic carbocycles. The van der Waals surface area contributed by atoms with Crippen LogP contribution in [0.25, 0.3) is 22.2 Å². The second kappa shape index (κ2) is 5.25. The van der Waals surface area contributed by atoms with Gasteiger partial charge in [0.05, 0.1) is 11.2 Å². The molecular formula is C16H16N4. The molecule has 4 nitrogen and oxygen atoms in total. The first-order valence-corrected chi connectivity index (χ1v) is 6.70. The van der Waals surface area contributed by atoms with E-state index >= 15 is 0 Å². The second-order valence-electron chi connectivity index (χ2n) is 4.57. The number of nitrogens with zero attached hydrogens (tertiary/aromatic N) is 3. The molecule has 0 unspecified atom stereocenters. The minimum Gasteiger partial charge on any atom is -0.373 e. The Labute approximate surface area is 117 Å². The predicted molar refractivity (Wildman–Crippen MR) is 81.7 cm³/mol. The first-order valence-electron chi connectivity index (χ1n) is 6.70. The van der Waals surface area contributed by atoms with Crippen molar-refractivity contribution in [1.29, 1.82) is 0 Å². The zero-order valence-electron chi connectivity index (χ0n) is 11.6. The average Bonchev–Trinajstić information content (AvgIpc) is 2.53. The Kier molecular flexibility index (Phi) is 3.29. The Morgan fingerprint density at radius 1 is 1.10 bits per heavy atom. The summed E-state index contributed by atoms with van der Waals surface area (Å²) in [6.45, 7) is 2.11. The summed E-state index contributed by atoms with van der Waals surface area (Å²) in [5.74, 6) is 0.880. The van der Waals surface area contributed by atoms with E-state index in [1.807, 2.05) is 31.4 Å². The third-order valence-electron chi connectivity index (χ3n) is 3.40. The van der Waals surface area contributed by atoms with Gasteiger partial charge in [0.2, 0.25) is 0 Å². The molecule has 0 aliphatic heterocycles. The molecule has 0 saturated carbocycles. The number of pyridine rings is 1. The maximum atomic E-state index is 4.51. The van der Waals surface area contributed by atoms with Gasteiger partial charge in [-0.2, -0.15) is 0 Å². The number of aromatic nitrogens is 3. The standard InChI is InChI=1S/C16H16N4/c1-3-13-15(19-10-20-16(13)17-2)12-8-11-6-4-5-7-14(11)18-9-12/h4-10H,3H2,1-2H3,(H,17,19,20). The molecule has 100 valence electrons. The van der Waals surface area contributed by atoms with Crippen LogP contribution in [-0.2, 0) is 6.42 Å². The molecule has 1 N–H and O–H groups in total. The Bertz CT molecular complexity index is 752. The highest BCUT2D eigenvalue weighted by Gasteiger charge is 2.11.